The van der Waals surface area contributed by atoms with Crippen molar-refractivity contribution in [2.45, 2.75) is 24.8 Å². The fourth-order valence-electron chi connectivity index (χ4n) is 0.292. The fourth-order valence-corrected chi connectivity index (χ4v) is 0.491. The molecule has 2 atom stereocenters. The van der Waals surface area contributed by atoms with Crippen molar-refractivity contribution in [1.82, 2.24) is 0 Å². The van der Waals surface area contributed by atoms with Gasteiger partial charge in [-0.05, 0) is 13.8 Å². The maximum absolute atomic E-state index is 5.56. The molecule has 0 aliphatic heterocycles. The minimum Gasteiger partial charge on any atom is -0.361 e. The molecule has 0 aromatic carbocycles. The van der Waals surface area contributed by atoms with Gasteiger partial charge in [-0.2, -0.15) is 0 Å². The van der Waals surface area contributed by atoms with Crippen LogP contribution < -0.4 is 0 Å². The van der Waals surface area contributed by atoms with Crippen LogP contribution in [0.1, 0.15) is 13.8 Å². The third kappa shape index (κ3) is 3.53. The second kappa shape index (κ2) is 4.42. The molecule has 0 spiro atoms. The van der Waals surface area contributed by atoms with E-state index in [0.29, 0.717) is 6.61 Å². The second-order valence-electron chi connectivity index (χ2n) is 1.48. The first-order valence-corrected chi connectivity index (χ1v) is 3.45. The monoisotopic (exact) mass is 156 g/mol. The van der Waals surface area contributed by atoms with Gasteiger partial charge in [-0.15, -0.1) is 11.6 Å². The van der Waals surface area contributed by atoms with E-state index >= 15 is 0 Å². The summed E-state index contributed by atoms with van der Waals surface area (Å²) in [7, 11) is 0. The summed E-state index contributed by atoms with van der Waals surface area (Å²) in [6, 6.07) is 0. The first kappa shape index (κ1) is 8.54. The highest BCUT2D eigenvalue weighted by Gasteiger charge is 2.09. The lowest BCUT2D eigenvalue weighted by Crippen LogP contribution is -2.14. The van der Waals surface area contributed by atoms with Gasteiger partial charge in [-0.1, -0.05) is 11.6 Å². The highest BCUT2D eigenvalue weighted by Crippen LogP contribution is 2.09. The Morgan fingerprint density at radius 1 is 1.50 bits per heavy atom. The van der Waals surface area contributed by atoms with Crippen LogP contribution in [0.5, 0.6) is 0 Å². The summed E-state index contributed by atoms with van der Waals surface area (Å²) in [4.78, 5) is 0. The molecular weight excluding hydrogens is 147 g/mol. The number of hydrogen-bond acceptors (Lipinski definition) is 1. The molecular formula is C5H10Cl2O. The van der Waals surface area contributed by atoms with Gasteiger partial charge in [-0.25, -0.2) is 0 Å². The summed E-state index contributed by atoms with van der Waals surface area (Å²) >= 11 is 11.1. The van der Waals surface area contributed by atoms with E-state index in [1.165, 1.54) is 0 Å². The molecule has 1 nitrogen and oxygen atoms in total. The molecule has 0 aliphatic rings. The number of alkyl halides is 2. The normalized spacial score (nSPS) is 18.0. The number of hydrogen-bond donors (Lipinski definition) is 0. The average molecular weight is 157 g/mol. The zero-order chi connectivity index (χ0) is 6.57. The summed E-state index contributed by atoms with van der Waals surface area (Å²) in [6.45, 7) is 4.30. The van der Waals surface area contributed by atoms with Crippen LogP contribution in [-0.2, 0) is 4.74 Å². The molecule has 0 rings (SSSR count). The third-order valence-corrected chi connectivity index (χ3v) is 1.55. The molecule has 0 bridgehead atoms. The van der Waals surface area contributed by atoms with Crippen LogP contribution in [0.4, 0.5) is 0 Å². The Kier molecular flexibility index (Phi) is 4.72. The zero-order valence-electron chi connectivity index (χ0n) is 5.03. The van der Waals surface area contributed by atoms with Crippen LogP contribution in [0.2, 0.25) is 0 Å². The predicted molar refractivity (Wildman–Crippen MR) is 36.6 cm³/mol. The molecule has 0 aliphatic carbocycles. The molecule has 0 saturated carbocycles. The van der Waals surface area contributed by atoms with E-state index in [-0.39, 0.29) is 10.9 Å². The molecule has 0 aromatic heterocycles. The lowest BCUT2D eigenvalue weighted by atomic mass is 10.5. The van der Waals surface area contributed by atoms with Crippen molar-refractivity contribution in [2.24, 2.45) is 0 Å². The molecule has 50 valence electrons. The number of halogens is 2. The predicted octanol–water partition coefficient (Wildman–Crippen LogP) is 2.22. The Labute approximate surface area is 59.9 Å². The summed E-state index contributed by atoms with van der Waals surface area (Å²) < 4.78 is 4.94. The lowest BCUT2D eigenvalue weighted by molar-refractivity contribution is 0.119. The first-order valence-electron chi connectivity index (χ1n) is 2.58. The fraction of sp³-hybridized carbons (Fsp3) is 1.00. The summed E-state index contributed by atoms with van der Waals surface area (Å²) in [5.41, 5.74) is -0.346. The van der Waals surface area contributed by atoms with E-state index in [4.69, 9.17) is 27.9 Å². The van der Waals surface area contributed by atoms with Crippen LogP contribution >= 0.6 is 23.2 Å². The molecule has 8 heavy (non-hydrogen) atoms. The van der Waals surface area contributed by atoms with Gasteiger partial charge in [0.05, 0.1) is 5.38 Å². The molecule has 0 saturated heterocycles. The minimum atomic E-state index is -0.346. The number of ether oxygens (including phenoxy) is 1. The van der Waals surface area contributed by atoms with E-state index in [9.17, 15) is 0 Å². The Morgan fingerprint density at radius 2 is 2.00 bits per heavy atom. The first-order chi connectivity index (χ1) is 3.68. The second-order valence-corrected chi connectivity index (χ2v) is 2.60. The highest BCUT2D eigenvalue weighted by atomic mass is 35.5. The Balaban J connectivity index is 3.17. The van der Waals surface area contributed by atoms with Crippen LogP contribution in [0, 0.1) is 0 Å². The van der Waals surface area contributed by atoms with Gasteiger partial charge in [0.2, 0.25) is 0 Å². The Bertz CT molecular complexity index is 56.4. The van der Waals surface area contributed by atoms with Gasteiger partial charge in [0, 0.05) is 6.61 Å². The van der Waals surface area contributed by atoms with Gasteiger partial charge < -0.3 is 4.74 Å². The van der Waals surface area contributed by atoms with E-state index in [0.717, 1.165) is 0 Å². The average Bonchev–Trinajstić information content (AvgIpc) is 1.67. The molecule has 0 fully saturated rings. The van der Waals surface area contributed by atoms with Crippen molar-refractivity contribution in [3.8, 4) is 0 Å². The maximum Gasteiger partial charge on any atom is 0.147 e. The topological polar surface area (TPSA) is 9.23 Å². The van der Waals surface area contributed by atoms with Crippen LogP contribution in [-0.4, -0.2) is 17.5 Å². The van der Waals surface area contributed by atoms with Crippen LogP contribution in [0.3, 0.4) is 0 Å². The smallest absolute Gasteiger partial charge is 0.147 e. The number of rotatable bonds is 3. The van der Waals surface area contributed by atoms with Gasteiger partial charge in [0.15, 0.2) is 0 Å². The molecule has 0 radical (unpaired) electrons. The van der Waals surface area contributed by atoms with Gasteiger partial charge in [0.25, 0.3) is 0 Å². The largest absolute Gasteiger partial charge is 0.361 e. The SMILES string of the molecule is CCO[C@H](Cl)[C@H](C)Cl. The van der Waals surface area contributed by atoms with E-state index in [2.05, 4.69) is 0 Å². The van der Waals surface area contributed by atoms with Crippen molar-refractivity contribution in [3.63, 3.8) is 0 Å². The van der Waals surface area contributed by atoms with Crippen molar-refractivity contribution in [3.05, 3.63) is 0 Å². The van der Waals surface area contributed by atoms with E-state index < -0.39 is 0 Å². The third-order valence-electron chi connectivity index (χ3n) is 0.687. The Hall–Kier alpha value is 0.540. The van der Waals surface area contributed by atoms with Crippen LogP contribution in [0.15, 0.2) is 0 Å². The van der Waals surface area contributed by atoms with Crippen molar-refractivity contribution < 1.29 is 4.74 Å². The maximum atomic E-state index is 5.56. The van der Waals surface area contributed by atoms with Crippen molar-refractivity contribution in [1.29, 1.82) is 0 Å². The molecule has 0 amide bonds. The van der Waals surface area contributed by atoms with E-state index in [1.807, 2.05) is 6.92 Å². The van der Waals surface area contributed by atoms with Crippen molar-refractivity contribution >= 4 is 23.2 Å². The van der Waals surface area contributed by atoms with Gasteiger partial charge in [0.1, 0.15) is 5.56 Å². The van der Waals surface area contributed by atoms with Gasteiger partial charge >= 0.3 is 0 Å². The minimum absolute atomic E-state index is 0.114. The molecule has 0 aromatic rings. The standard InChI is InChI=1S/C5H10Cl2O/c1-3-8-5(7)4(2)6/h4-5H,3H2,1-2H3/t4-,5-/m0/s1. The quantitative estimate of drug-likeness (QED) is 0.570. The van der Waals surface area contributed by atoms with E-state index in [1.54, 1.807) is 6.92 Å². The molecule has 0 unspecified atom stereocenters. The van der Waals surface area contributed by atoms with Crippen molar-refractivity contribution in [2.75, 3.05) is 6.61 Å². The van der Waals surface area contributed by atoms with Crippen LogP contribution in [0.25, 0.3) is 0 Å². The molecule has 3 heteroatoms. The molecule has 0 N–H and O–H groups in total. The van der Waals surface area contributed by atoms with Gasteiger partial charge in [-0.3, -0.25) is 0 Å². The summed E-state index contributed by atoms with van der Waals surface area (Å²) in [5, 5.41) is -0.114. The summed E-state index contributed by atoms with van der Waals surface area (Å²) in [5.74, 6) is 0. The molecule has 0 heterocycles. The summed E-state index contributed by atoms with van der Waals surface area (Å²) in [6.07, 6.45) is 0. The lowest BCUT2D eigenvalue weighted by Gasteiger charge is -2.09. The Morgan fingerprint density at radius 3 is 2.12 bits per heavy atom. The highest BCUT2D eigenvalue weighted by molar-refractivity contribution is 6.29. The zero-order valence-corrected chi connectivity index (χ0v) is 6.54.